The fraction of sp³-hybridized carbons (Fsp3) is 0.842. The summed E-state index contributed by atoms with van der Waals surface area (Å²) < 4.78 is 8.37. The molecule has 0 aromatic heterocycles. The van der Waals surface area contributed by atoms with Gasteiger partial charge in [0, 0.05) is 19.4 Å². The molecule has 0 radical (unpaired) electrons. The third-order valence-electron chi connectivity index (χ3n) is 3.58. The minimum Gasteiger partial charge on any atom is -0.469 e. The summed E-state index contributed by atoms with van der Waals surface area (Å²) in [4.78, 5) is 24.0. The van der Waals surface area contributed by atoms with E-state index in [0.717, 1.165) is 18.2 Å². The second kappa shape index (κ2) is 23.4. The van der Waals surface area contributed by atoms with Crippen LogP contribution >= 0.6 is 0 Å². The van der Waals surface area contributed by atoms with Crippen molar-refractivity contribution in [2.24, 2.45) is 5.16 Å². The van der Waals surface area contributed by atoms with E-state index < -0.39 is 0 Å². The summed E-state index contributed by atoms with van der Waals surface area (Å²) in [7, 11) is 6.35. The molecule has 0 aromatic rings. The number of ether oxygens (including phenoxy) is 2. The lowest BCUT2D eigenvalue weighted by molar-refractivity contribution is -0.140. The number of esters is 2. The molecule has 7 nitrogen and oxygen atoms in total. The van der Waals surface area contributed by atoms with Crippen molar-refractivity contribution in [2.45, 2.75) is 78.7 Å². The number of rotatable bonds is 4. The van der Waals surface area contributed by atoms with Gasteiger partial charge in [0.15, 0.2) is 0 Å². The molecule has 0 aliphatic heterocycles. The summed E-state index contributed by atoms with van der Waals surface area (Å²) in [5.41, 5.74) is 1.03. The van der Waals surface area contributed by atoms with Gasteiger partial charge in [0.05, 0.1) is 19.9 Å². The third-order valence-corrected chi connectivity index (χ3v) is 3.58. The van der Waals surface area contributed by atoms with Crippen LogP contribution in [0.25, 0.3) is 0 Å². The predicted octanol–water partition coefficient (Wildman–Crippen LogP) is 3.71. The average molecular weight is 377 g/mol. The molecule has 1 aliphatic carbocycles. The molecule has 0 bridgehead atoms. The predicted molar refractivity (Wildman–Crippen MR) is 106 cm³/mol. The van der Waals surface area contributed by atoms with E-state index in [1.807, 2.05) is 13.8 Å². The Morgan fingerprint density at radius 3 is 1.62 bits per heavy atom. The molecule has 1 fully saturated rings. The second-order valence-electron chi connectivity index (χ2n) is 5.61. The van der Waals surface area contributed by atoms with Gasteiger partial charge in [-0.15, -0.1) is 0 Å². The Kier molecular flexibility index (Phi) is 26.2. The number of carbonyl (C=O) groups excluding carboxylic acids is 2. The standard InChI is InChI=1S/C7H15N.C5H11NO.C4H8O2.C3H6O2/c1-8-7-5-3-2-4-6-7;1-4-5(2)6-7-3;1-3-4(5)6-2;1-3(4)5-2/h7-8H,2-6H2,1H3;4H2,1-3H3;3H2,1-2H3;1-2H3/b;6-5+;;. The summed E-state index contributed by atoms with van der Waals surface area (Å²) >= 11 is 0. The molecule has 0 saturated heterocycles. The largest absolute Gasteiger partial charge is 0.469 e. The lowest BCUT2D eigenvalue weighted by Crippen LogP contribution is -2.26. The highest BCUT2D eigenvalue weighted by atomic mass is 16.6. The maximum Gasteiger partial charge on any atom is 0.305 e. The number of hydrogen-bond acceptors (Lipinski definition) is 7. The van der Waals surface area contributed by atoms with Crippen molar-refractivity contribution >= 4 is 17.7 Å². The van der Waals surface area contributed by atoms with Crippen molar-refractivity contribution in [1.29, 1.82) is 0 Å². The van der Waals surface area contributed by atoms with Crippen LogP contribution in [0, 0.1) is 0 Å². The fourth-order valence-corrected chi connectivity index (χ4v) is 1.76. The van der Waals surface area contributed by atoms with Crippen LogP contribution in [0.4, 0.5) is 0 Å². The first kappa shape index (κ1) is 29.1. The molecule has 1 aliphatic rings. The molecule has 7 heteroatoms. The van der Waals surface area contributed by atoms with Gasteiger partial charge in [-0.05, 0) is 33.2 Å². The maximum absolute atomic E-state index is 9.96. The Labute approximate surface area is 159 Å². The number of oxime groups is 1. The minimum absolute atomic E-state index is 0.157. The van der Waals surface area contributed by atoms with Gasteiger partial charge in [0.2, 0.25) is 0 Å². The van der Waals surface area contributed by atoms with Crippen LogP contribution in [-0.2, 0) is 23.9 Å². The molecule has 26 heavy (non-hydrogen) atoms. The number of nitrogens with one attached hydrogen (secondary N) is 1. The minimum atomic E-state index is -0.245. The van der Waals surface area contributed by atoms with E-state index in [4.69, 9.17) is 0 Å². The highest BCUT2D eigenvalue weighted by Gasteiger charge is 2.09. The molecule has 1 rings (SSSR count). The van der Waals surface area contributed by atoms with Gasteiger partial charge >= 0.3 is 11.9 Å². The summed E-state index contributed by atoms with van der Waals surface area (Å²) in [5, 5.41) is 6.96. The summed E-state index contributed by atoms with van der Waals surface area (Å²) in [6.45, 7) is 7.09. The lowest BCUT2D eigenvalue weighted by Gasteiger charge is -2.20. The average Bonchev–Trinajstić information content (AvgIpc) is 2.69. The van der Waals surface area contributed by atoms with Gasteiger partial charge in [-0.2, -0.15) is 0 Å². The van der Waals surface area contributed by atoms with Crippen LogP contribution in [-0.4, -0.2) is 52.1 Å². The van der Waals surface area contributed by atoms with Gasteiger partial charge in [-0.1, -0.05) is 38.3 Å². The molecule has 156 valence electrons. The van der Waals surface area contributed by atoms with Crippen molar-refractivity contribution in [3.05, 3.63) is 0 Å². The van der Waals surface area contributed by atoms with Crippen molar-refractivity contribution in [2.75, 3.05) is 28.4 Å². The highest BCUT2D eigenvalue weighted by molar-refractivity contribution is 5.80. The quantitative estimate of drug-likeness (QED) is 0.457. The molecule has 1 saturated carbocycles. The number of carbonyl (C=O) groups is 2. The Morgan fingerprint density at radius 1 is 0.962 bits per heavy atom. The van der Waals surface area contributed by atoms with E-state index in [1.165, 1.54) is 53.2 Å². The van der Waals surface area contributed by atoms with Crippen molar-refractivity contribution in [3.8, 4) is 0 Å². The van der Waals surface area contributed by atoms with E-state index in [2.05, 4.69) is 31.8 Å². The molecule has 0 atom stereocenters. The van der Waals surface area contributed by atoms with Crippen LogP contribution < -0.4 is 5.32 Å². The van der Waals surface area contributed by atoms with Gasteiger partial charge in [0.1, 0.15) is 7.11 Å². The molecule has 0 unspecified atom stereocenters. The number of methoxy groups -OCH3 is 2. The first-order valence-electron chi connectivity index (χ1n) is 9.17. The molecule has 0 amide bonds. The molecule has 0 spiro atoms. The molecule has 0 heterocycles. The normalized spacial score (nSPS) is 13.5. The smallest absolute Gasteiger partial charge is 0.305 e. The topological polar surface area (TPSA) is 86.2 Å². The van der Waals surface area contributed by atoms with E-state index in [1.54, 1.807) is 14.0 Å². The van der Waals surface area contributed by atoms with Gasteiger partial charge in [-0.25, -0.2) is 0 Å². The molecular formula is C19H40N2O5. The Balaban J connectivity index is -0.000000276. The fourth-order valence-electron chi connectivity index (χ4n) is 1.76. The van der Waals surface area contributed by atoms with Crippen molar-refractivity contribution in [1.82, 2.24) is 5.32 Å². The van der Waals surface area contributed by atoms with Gasteiger partial charge < -0.3 is 19.6 Å². The second-order valence-corrected chi connectivity index (χ2v) is 5.61. The summed E-state index contributed by atoms with van der Waals surface area (Å²) in [5.74, 6) is -0.403. The van der Waals surface area contributed by atoms with Gasteiger partial charge in [0.25, 0.3) is 0 Å². The Bertz CT molecular complexity index is 348. The van der Waals surface area contributed by atoms with Crippen LogP contribution in [0.1, 0.15) is 72.6 Å². The molecular weight excluding hydrogens is 336 g/mol. The maximum atomic E-state index is 9.96. The first-order chi connectivity index (χ1) is 12.3. The van der Waals surface area contributed by atoms with Crippen LogP contribution in [0.5, 0.6) is 0 Å². The van der Waals surface area contributed by atoms with Crippen molar-refractivity contribution in [3.63, 3.8) is 0 Å². The van der Waals surface area contributed by atoms with Gasteiger partial charge in [-0.3, -0.25) is 9.59 Å². The zero-order valence-electron chi connectivity index (χ0n) is 18.0. The monoisotopic (exact) mass is 376 g/mol. The number of nitrogens with zero attached hydrogens (tertiary/aromatic N) is 1. The Morgan fingerprint density at radius 2 is 1.46 bits per heavy atom. The Hall–Kier alpha value is -1.63. The van der Waals surface area contributed by atoms with Crippen LogP contribution in [0.15, 0.2) is 5.16 Å². The highest BCUT2D eigenvalue weighted by Crippen LogP contribution is 2.16. The van der Waals surface area contributed by atoms with E-state index in [0.29, 0.717) is 6.42 Å². The summed E-state index contributed by atoms with van der Waals surface area (Å²) in [6.07, 6.45) is 8.56. The third kappa shape index (κ3) is 27.2. The zero-order chi connectivity index (χ0) is 20.8. The number of hydrogen-bond donors (Lipinski definition) is 1. The van der Waals surface area contributed by atoms with Crippen LogP contribution in [0.3, 0.4) is 0 Å². The first-order valence-corrected chi connectivity index (χ1v) is 9.17. The summed E-state index contributed by atoms with van der Waals surface area (Å²) in [6, 6.07) is 0.837. The van der Waals surface area contributed by atoms with E-state index in [9.17, 15) is 9.59 Å². The van der Waals surface area contributed by atoms with E-state index >= 15 is 0 Å². The molecule has 1 N–H and O–H groups in total. The van der Waals surface area contributed by atoms with E-state index in [-0.39, 0.29) is 11.9 Å². The SMILES string of the molecule is CC/C(C)=N/OC.CCC(=O)OC.CNC1CCCCC1.COC(C)=O. The lowest BCUT2D eigenvalue weighted by atomic mass is 9.96. The zero-order valence-corrected chi connectivity index (χ0v) is 18.0. The molecule has 0 aromatic carbocycles. The van der Waals surface area contributed by atoms with Crippen LogP contribution in [0.2, 0.25) is 0 Å². The van der Waals surface area contributed by atoms with Crippen molar-refractivity contribution < 1.29 is 23.9 Å².